The minimum Gasteiger partial charge on any atom is -0.364 e. The summed E-state index contributed by atoms with van der Waals surface area (Å²) in [5.41, 5.74) is 8.94. The number of fused-ring (bicyclic) bond motifs is 2. The van der Waals surface area contributed by atoms with Crippen LogP contribution in [0.1, 0.15) is 128 Å². The van der Waals surface area contributed by atoms with Crippen molar-refractivity contribution in [3.05, 3.63) is 69.2 Å². The van der Waals surface area contributed by atoms with E-state index in [9.17, 15) is 26.4 Å². The molecule has 19 heteroatoms. The second-order valence-corrected chi connectivity index (χ2v) is 23.6. The van der Waals surface area contributed by atoms with Gasteiger partial charge in [0.05, 0.1) is 34.6 Å². The largest absolute Gasteiger partial charge is 0.364 e. The fourth-order valence-corrected chi connectivity index (χ4v) is 11.0. The molecule has 0 unspecified atom stereocenters. The molecule has 372 valence electrons. The van der Waals surface area contributed by atoms with Crippen molar-refractivity contribution in [3.8, 4) is 0 Å². The number of rotatable bonds is 12. The Kier molecular flexibility index (Phi) is 20.3. The Morgan fingerprint density at radius 1 is 0.552 bits per heavy atom. The molecule has 2 aromatic heterocycles. The number of hydrogen-bond donors (Lipinski definition) is 4. The lowest BCUT2D eigenvalue weighted by molar-refractivity contribution is 0.116. The van der Waals surface area contributed by atoms with Gasteiger partial charge in [-0.15, -0.1) is 0 Å². The molecule has 0 radical (unpaired) electrons. The quantitative estimate of drug-likeness (QED) is 0.0852. The van der Waals surface area contributed by atoms with Gasteiger partial charge in [0, 0.05) is 87.2 Å². The van der Waals surface area contributed by atoms with Gasteiger partial charge in [-0.25, -0.2) is 31.5 Å². The predicted molar refractivity (Wildman–Crippen MR) is 273 cm³/mol. The maximum atomic E-state index is 13.4. The van der Waals surface area contributed by atoms with Crippen LogP contribution >= 0.6 is 10.7 Å². The van der Waals surface area contributed by atoms with Crippen molar-refractivity contribution < 1.29 is 16.8 Å². The van der Waals surface area contributed by atoms with E-state index in [0.29, 0.717) is 31.5 Å². The molecule has 4 aliphatic rings. The van der Waals surface area contributed by atoms with E-state index in [4.69, 9.17) is 5.73 Å². The van der Waals surface area contributed by atoms with Crippen LogP contribution in [-0.2, 0) is 19.1 Å². The highest BCUT2D eigenvalue weighted by Crippen LogP contribution is 2.31. The summed E-state index contributed by atoms with van der Waals surface area (Å²) in [4.78, 5) is 41.1. The Labute approximate surface area is 402 Å². The Balaban J connectivity index is 0.000000202. The third kappa shape index (κ3) is 16.2. The van der Waals surface area contributed by atoms with Crippen molar-refractivity contribution in [3.63, 3.8) is 0 Å². The van der Waals surface area contributed by atoms with Gasteiger partial charge in [-0.05, 0) is 75.6 Å². The van der Waals surface area contributed by atoms with Gasteiger partial charge in [-0.2, -0.15) is 0 Å². The molecule has 4 fully saturated rings. The van der Waals surface area contributed by atoms with Gasteiger partial charge >= 0.3 is 0 Å². The molecule has 4 aromatic rings. The summed E-state index contributed by atoms with van der Waals surface area (Å²) >= 11 is 0. The van der Waals surface area contributed by atoms with Crippen molar-refractivity contribution in [1.29, 1.82) is 0 Å². The van der Waals surface area contributed by atoms with Gasteiger partial charge in [0.25, 0.3) is 11.1 Å². The second-order valence-electron chi connectivity index (χ2n) is 18.8. The average molecular weight is 988 g/mol. The smallest absolute Gasteiger partial charge is 0.294 e. The molecule has 2 aliphatic carbocycles. The van der Waals surface area contributed by atoms with Crippen LogP contribution < -0.4 is 32.2 Å². The Morgan fingerprint density at radius 3 is 1.28 bits per heavy atom. The van der Waals surface area contributed by atoms with E-state index in [1.165, 1.54) is 89.9 Å². The van der Waals surface area contributed by atoms with Crippen molar-refractivity contribution in [2.75, 3.05) is 75.5 Å². The first kappa shape index (κ1) is 52.7. The third-order valence-corrected chi connectivity index (χ3v) is 14.4. The molecule has 8 rings (SSSR count). The summed E-state index contributed by atoms with van der Waals surface area (Å²) in [6.07, 6.45) is 25.0. The molecule has 16 nitrogen and oxygen atoms in total. The summed E-state index contributed by atoms with van der Waals surface area (Å²) in [6, 6.07) is 17.6. The Hall–Kier alpha value is -3.65. The molecule has 2 saturated heterocycles. The Bertz CT molecular complexity index is 2500. The zero-order valence-electron chi connectivity index (χ0n) is 39.7. The van der Waals surface area contributed by atoms with Crippen LogP contribution in [0, 0.1) is 0 Å². The lowest BCUT2D eigenvalue weighted by Gasteiger charge is -2.39. The number of nitrogens with zero attached hydrogens (tertiary/aromatic N) is 6. The number of aromatic nitrogens is 4. The number of halogens is 1. The second kappa shape index (κ2) is 25.8. The van der Waals surface area contributed by atoms with Crippen LogP contribution in [0.3, 0.4) is 0 Å². The zero-order valence-corrected chi connectivity index (χ0v) is 42.1. The first-order chi connectivity index (χ1) is 32.2. The molecule has 2 saturated carbocycles. The van der Waals surface area contributed by atoms with Crippen molar-refractivity contribution in [2.45, 2.75) is 140 Å². The number of likely N-dealkylation sites (tertiary alicyclic amines) is 2. The van der Waals surface area contributed by atoms with Crippen LogP contribution in [0.4, 0.5) is 11.6 Å². The summed E-state index contributed by atoms with van der Waals surface area (Å²) in [6.45, 7) is 5.77. The van der Waals surface area contributed by atoms with Crippen LogP contribution in [0.25, 0.3) is 22.1 Å². The summed E-state index contributed by atoms with van der Waals surface area (Å²) in [7, 11) is -1.96. The SMILES string of the molecule is CS(=O)(=O)Cl.CS(=O)(=O)NCCNc1nc2ccccc2n(C2CCN(C3CCCCCCC3)CC2)c1=O.NCCNc1nc2ccccc2n(C2CCN(C3CCCCCCC3)CC2)c1=O. The normalized spacial score (nSPS) is 19.5. The third-order valence-electron chi connectivity index (χ3n) is 13.7. The molecule has 0 bridgehead atoms. The highest BCUT2D eigenvalue weighted by Gasteiger charge is 2.30. The number of sulfonamides is 1. The molecule has 0 spiro atoms. The molecule has 0 atom stereocenters. The van der Waals surface area contributed by atoms with E-state index in [2.05, 4.69) is 45.8 Å². The van der Waals surface area contributed by atoms with Gasteiger partial charge in [0.2, 0.25) is 19.1 Å². The van der Waals surface area contributed by atoms with Crippen molar-refractivity contribution >= 4 is 63.5 Å². The number of benzene rings is 2. The molecule has 4 heterocycles. The standard InChI is InChI=1S/C24H37N5O3S.C23H35N5O.CH3ClO2S/c1-33(31,32)26-16-15-25-23-24(30)29(22-12-8-7-11-21(22)27-23)20-13-17-28(18-14-20)19-9-5-3-2-4-6-10-19;24-14-15-25-22-23(29)28(21-11-7-6-10-20(21)26-22)19-12-16-27(17-13-19)18-8-4-2-1-3-5-9-18;1-5(2,3)4/h7-8,11-12,19-20,26H,2-6,9-10,13-18H2,1H3,(H,25,27);6-7,10-11,18-19H,1-5,8-9,12-17,24H2,(H,25,26);1H3. The summed E-state index contributed by atoms with van der Waals surface area (Å²) < 4.78 is 47.7. The van der Waals surface area contributed by atoms with E-state index in [1.807, 2.05) is 57.7 Å². The van der Waals surface area contributed by atoms with Crippen LogP contribution in [0.15, 0.2) is 58.1 Å². The molecular formula is C48H75ClN10O6S2. The van der Waals surface area contributed by atoms with E-state index < -0.39 is 19.1 Å². The van der Waals surface area contributed by atoms with Crippen molar-refractivity contribution in [2.24, 2.45) is 5.73 Å². The number of hydrogen-bond acceptors (Lipinski definition) is 13. The lowest BCUT2D eigenvalue weighted by Crippen LogP contribution is -2.43. The number of anilines is 2. The van der Waals surface area contributed by atoms with Gasteiger partial charge in [0.1, 0.15) is 0 Å². The van der Waals surface area contributed by atoms with E-state index in [0.717, 1.165) is 92.5 Å². The number of nitrogens with one attached hydrogen (secondary N) is 3. The van der Waals surface area contributed by atoms with E-state index >= 15 is 0 Å². The van der Waals surface area contributed by atoms with Crippen LogP contribution in [-0.4, -0.2) is 123 Å². The minimum atomic E-state index is -3.27. The maximum absolute atomic E-state index is 13.4. The highest BCUT2D eigenvalue weighted by atomic mass is 35.7. The van der Waals surface area contributed by atoms with E-state index in [-0.39, 0.29) is 35.6 Å². The van der Waals surface area contributed by atoms with Gasteiger partial charge in [-0.3, -0.25) is 9.59 Å². The maximum Gasteiger partial charge on any atom is 0.294 e. The Morgan fingerprint density at radius 2 is 0.910 bits per heavy atom. The number of nitrogens with two attached hydrogens (primary N) is 1. The van der Waals surface area contributed by atoms with Gasteiger partial charge in [0.15, 0.2) is 11.6 Å². The highest BCUT2D eigenvalue weighted by molar-refractivity contribution is 8.13. The fourth-order valence-electron chi connectivity index (χ4n) is 10.5. The summed E-state index contributed by atoms with van der Waals surface area (Å²) in [5.74, 6) is 0.711. The fraction of sp³-hybridized carbons (Fsp3) is 0.667. The van der Waals surface area contributed by atoms with Crippen LogP contribution in [0.5, 0.6) is 0 Å². The average Bonchev–Trinajstić information content (AvgIpc) is 3.27. The lowest BCUT2D eigenvalue weighted by atomic mass is 9.93. The number of piperidine rings is 2. The van der Waals surface area contributed by atoms with Gasteiger partial charge in [-0.1, -0.05) is 88.5 Å². The molecule has 2 aliphatic heterocycles. The predicted octanol–water partition coefficient (Wildman–Crippen LogP) is 6.81. The molecular weight excluding hydrogens is 912 g/mol. The number of para-hydroxylation sites is 4. The van der Waals surface area contributed by atoms with Crippen LogP contribution in [0.2, 0.25) is 0 Å². The van der Waals surface area contributed by atoms with Gasteiger partial charge < -0.3 is 35.3 Å². The molecule has 0 amide bonds. The van der Waals surface area contributed by atoms with Crippen molar-refractivity contribution in [1.82, 2.24) is 33.6 Å². The zero-order chi connectivity index (χ0) is 47.8. The molecule has 5 N–H and O–H groups in total. The minimum absolute atomic E-state index is 0.0125. The topological polar surface area (TPSA) is 207 Å². The molecule has 2 aromatic carbocycles. The molecule has 67 heavy (non-hydrogen) atoms. The monoisotopic (exact) mass is 987 g/mol. The summed E-state index contributed by atoms with van der Waals surface area (Å²) in [5, 5.41) is 6.18. The first-order valence-electron chi connectivity index (χ1n) is 24.7. The first-order valence-corrected chi connectivity index (χ1v) is 29.3. The van der Waals surface area contributed by atoms with E-state index in [1.54, 1.807) is 0 Å².